The van der Waals surface area contributed by atoms with Crippen LogP contribution in [0.5, 0.6) is 0 Å². The smallest absolute Gasteiger partial charge is 0.410 e. The van der Waals surface area contributed by atoms with E-state index in [9.17, 15) is 23.3 Å². The first-order valence-electron chi connectivity index (χ1n) is 10.8. The van der Waals surface area contributed by atoms with Crippen molar-refractivity contribution in [3.63, 3.8) is 0 Å². The molecule has 2 aliphatic heterocycles. The van der Waals surface area contributed by atoms with E-state index in [-0.39, 0.29) is 48.5 Å². The molecule has 1 atom stereocenters. The molecule has 2 fully saturated rings. The molecule has 0 N–H and O–H groups in total. The molecular formula is C22H30N4O5S. The molecule has 3 rings (SSSR count). The van der Waals surface area contributed by atoms with Crippen molar-refractivity contribution < 1.29 is 22.7 Å². The summed E-state index contributed by atoms with van der Waals surface area (Å²) in [6.07, 6.45) is 0.989. The van der Waals surface area contributed by atoms with Crippen molar-refractivity contribution in [2.24, 2.45) is 5.92 Å². The van der Waals surface area contributed by atoms with E-state index in [0.717, 1.165) is 6.42 Å². The van der Waals surface area contributed by atoms with Crippen molar-refractivity contribution >= 4 is 22.0 Å². The van der Waals surface area contributed by atoms with E-state index in [1.807, 2.05) is 6.07 Å². The standard InChI is InChI=1S/C22H30N4O5S/c1-22(2,3)31-21(28)25-10-6-8-18(16-25)20(27)24-11-13-26(14-12-24)32(29,30)19-9-5-4-7-17(19)15-23/h4-5,7,9,18H,6,8,10-14,16H2,1-3H3/t18-/m1/s1. The van der Waals surface area contributed by atoms with Gasteiger partial charge in [0.2, 0.25) is 15.9 Å². The van der Waals surface area contributed by atoms with Gasteiger partial charge in [-0.05, 0) is 45.7 Å². The summed E-state index contributed by atoms with van der Waals surface area (Å²) < 4.78 is 32.7. The van der Waals surface area contributed by atoms with Gasteiger partial charge in [0.25, 0.3) is 0 Å². The number of rotatable bonds is 3. The van der Waals surface area contributed by atoms with Crippen LogP contribution in [0.2, 0.25) is 0 Å². The third-order valence-corrected chi connectivity index (χ3v) is 7.55. The van der Waals surface area contributed by atoms with Gasteiger partial charge in [-0.2, -0.15) is 9.57 Å². The molecule has 2 heterocycles. The molecule has 0 aliphatic carbocycles. The molecule has 2 amide bonds. The Morgan fingerprint density at radius 1 is 1.06 bits per heavy atom. The number of ether oxygens (including phenoxy) is 1. The van der Waals surface area contributed by atoms with Gasteiger partial charge in [-0.25, -0.2) is 13.2 Å². The molecule has 0 bridgehead atoms. The molecule has 1 aromatic rings. The van der Waals surface area contributed by atoms with Crippen LogP contribution in [0.3, 0.4) is 0 Å². The van der Waals surface area contributed by atoms with Crippen LogP contribution < -0.4 is 0 Å². The highest BCUT2D eigenvalue weighted by molar-refractivity contribution is 7.89. The van der Waals surface area contributed by atoms with E-state index in [0.29, 0.717) is 19.5 Å². The van der Waals surface area contributed by atoms with Crippen LogP contribution in [0.4, 0.5) is 4.79 Å². The van der Waals surface area contributed by atoms with Crippen LogP contribution in [0, 0.1) is 17.2 Å². The number of nitrogens with zero attached hydrogens (tertiary/aromatic N) is 4. The zero-order valence-electron chi connectivity index (χ0n) is 18.8. The average Bonchev–Trinajstić information content (AvgIpc) is 2.77. The maximum absolute atomic E-state index is 13.1. The number of sulfonamides is 1. The summed E-state index contributed by atoms with van der Waals surface area (Å²) in [5.74, 6) is -0.383. The SMILES string of the molecule is CC(C)(C)OC(=O)N1CCC[C@@H](C(=O)N2CCN(S(=O)(=O)c3ccccc3C#N)CC2)C1. The second kappa shape index (κ2) is 9.46. The maximum Gasteiger partial charge on any atom is 0.410 e. The van der Waals surface area contributed by atoms with Crippen LogP contribution in [-0.4, -0.2) is 79.4 Å². The van der Waals surface area contributed by atoms with Crippen LogP contribution in [-0.2, 0) is 19.6 Å². The van der Waals surface area contributed by atoms with Gasteiger partial charge in [-0.3, -0.25) is 4.79 Å². The summed E-state index contributed by atoms with van der Waals surface area (Å²) in [4.78, 5) is 28.7. The highest BCUT2D eigenvalue weighted by Gasteiger charge is 2.36. The Bertz CT molecular complexity index is 1000. The number of piperidine rings is 1. The number of hydrogen-bond donors (Lipinski definition) is 0. The predicted octanol–water partition coefficient (Wildman–Crippen LogP) is 2.04. The zero-order valence-corrected chi connectivity index (χ0v) is 19.6. The second-order valence-corrected chi connectivity index (χ2v) is 11.0. The Hall–Kier alpha value is -2.64. The van der Waals surface area contributed by atoms with Crippen LogP contribution >= 0.6 is 0 Å². The first-order chi connectivity index (χ1) is 15.0. The number of piperazine rings is 1. The molecule has 10 heteroatoms. The largest absolute Gasteiger partial charge is 0.444 e. The lowest BCUT2D eigenvalue weighted by molar-refractivity contribution is -0.138. The number of carbonyl (C=O) groups is 2. The Morgan fingerprint density at radius 3 is 2.34 bits per heavy atom. The van der Waals surface area contributed by atoms with Crippen LogP contribution in [0.15, 0.2) is 29.2 Å². The minimum atomic E-state index is -3.81. The number of nitriles is 1. The zero-order chi connectivity index (χ0) is 23.5. The molecule has 1 aromatic carbocycles. The summed E-state index contributed by atoms with van der Waals surface area (Å²) >= 11 is 0. The Morgan fingerprint density at radius 2 is 1.72 bits per heavy atom. The molecule has 32 heavy (non-hydrogen) atoms. The summed E-state index contributed by atoms with van der Waals surface area (Å²) in [5, 5.41) is 9.24. The molecule has 174 valence electrons. The first-order valence-corrected chi connectivity index (χ1v) is 12.2. The molecule has 9 nitrogen and oxygen atoms in total. The number of hydrogen-bond acceptors (Lipinski definition) is 6. The summed E-state index contributed by atoms with van der Waals surface area (Å²) in [5.41, 5.74) is -0.490. The third kappa shape index (κ3) is 5.40. The highest BCUT2D eigenvalue weighted by atomic mass is 32.2. The van der Waals surface area contributed by atoms with E-state index < -0.39 is 21.7 Å². The molecule has 0 aromatic heterocycles. The molecule has 0 radical (unpaired) electrons. The number of amides is 2. The van der Waals surface area contributed by atoms with Gasteiger partial charge < -0.3 is 14.5 Å². The lowest BCUT2D eigenvalue weighted by atomic mass is 9.96. The molecule has 0 saturated carbocycles. The van der Waals surface area contributed by atoms with Crippen molar-refractivity contribution in [1.29, 1.82) is 5.26 Å². The summed E-state index contributed by atoms with van der Waals surface area (Å²) in [6, 6.07) is 8.05. The number of benzene rings is 1. The van der Waals surface area contributed by atoms with E-state index >= 15 is 0 Å². The Balaban J connectivity index is 1.61. The number of likely N-dealkylation sites (tertiary alicyclic amines) is 1. The van der Waals surface area contributed by atoms with Gasteiger partial charge in [0, 0.05) is 39.3 Å². The van der Waals surface area contributed by atoms with Gasteiger partial charge in [-0.15, -0.1) is 0 Å². The molecule has 2 aliphatic rings. The maximum atomic E-state index is 13.1. The van der Waals surface area contributed by atoms with Gasteiger partial charge in [0.1, 0.15) is 11.7 Å². The fraction of sp³-hybridized carbons (Fsp3) is 0.591. The minimum absolute atomic E-state index is 0.0115. The molecule has 2 saturated heterocycles. The van der Waals surface area contributed by atoms with Crippen molar-refractivity contribution in [2.75, 3.05) is 39.3 Å². The van der Waals surface area contributed by atoms with E-state index in [2.05, 4.69) is 0 Å². The second-order valence-electron chi connectivity index (χ2n) is 9.10. The summed E-state index contributed by atoms with van der Waals surface area (Å²) in [6.45, 7) is 7.16. The highest BCUT2D eigenvalue weighted by Crippen LogP contribution is 2.24. The molecule has 0 spiro atoms. The van der Waals surface area contributed by atoms with Crippen molar-refractivity contribution in [1.82, 2.24) is 14.1 Å². The Kier molecular flexibility index (Phi) is 7.10. The van der Waals surface area contributed by atoms with Crippen LogP contribution in [0.1, 0.15) is 39.2 Å². The van der Waals surface area contributed by atoms with Crippen molar-refractivity contribution in [3.8, 4) is 6.07 Å². The van der Waals surface area contributed by atoms with Gasteiger partial charge in [0.05, 0.1) is 16.4 Å². The number of carbonyl (C=O) groups excluding carboxylic acids is 2. The topological polar surface area (TPSA) is 111 Å². The summed E-state index contributed by atoms with van der Waals surface area (Å²) in [7, 11) is -3.81. The van der Waals surface area contributed by atoms with Crippen LogP contribution in [0.25, 0.3) is 0 Å². The molecule has 0 unspecified atom stereocenters. The van der Waals surface area contributed by atoms with Gasteiger partial charge in [0.15, 0.2) is 0 Å². The normalized spacial score (nSPS) is 20.5. The lowest BCUT2D eigenvalue weighted by Crippen LogP contribution is -2.54. The van der Waals surface area contributed by atoms with Crippen molar-refractivity contribution in [2.45, 2.75) is 44.1 Å². The van der Waals surface area contributed by atoms with Gasteiger partial charge >= 0.3 is 6.09 Å². The molecular weight excluding hydrogens is 432 g/mol. The Labute approximate surface area is 189 Å². The fourth-order valence-electron chi connectivity index (χ4n) is 4.00. The van der Waals surface area contributed by atoms with E-state index in [1.54, 1.807) is 42.7 Å². The minimum Gasteiger partial charge on any atom is -0.444 e. The predicted molar refractivity (Wildman–Crippen MR) is 117 cm³/mol. The lowest BCUT2D eigenvalue weighted by Gasteiger charge is -2.38. The van der Waals surface area contributed by atoms with Crippen molar-refractivity contribution in [3.05, 3.63) is 29.8 Å². The third-order valence-electron chi connectivity index (χ3n) is 5.60. The van der Waals surface area contributed by atoms with E-state index in [1.165, 1.54) is 16.4 Å². The first kappa shape index (κ1) is 24.0. The monoisotopic (exact) mass is 462 g/mol. The van der Waals surface area contributed by atoms with Gasteiger partial charge in [-0.1, -0.05) is 12.1 Å². The fourth-order valence-corrected chi connectivity index (χ4v) is 5.57. The quantitative estimate of drug-likeness (QED) is 0.680. The van der Waals surface area contributed by atoms with E-state index in [4.69, 9.17) is 4.74 Å². The average molecular weight is 463 g/mol.